The van der Waals surface area contributed by atoms with E-state index in [4.69, 9.17) is 9.47 Å². The molecule has 3 rings (SSSR count). The zero-order chi connectivity index (χ0) is 32.9. The van der Waals surface area contributed by atoms with Gasteiger partial charge in [-0.15, -0.1) is 0 Å². The molecule has 0 aliphatic carbocycles. The molecule has 0 spiro atoms. The fourth-order valence-electron chi connectivity index (χ4n) is 3.90. The largest absolute Gasteiger partial charge is 0.421 e. The Morgan fingerprint density at radius 1 is 0.978 bits per heavy atom. The Bertz CT molecular complexity index is 1540. The van der Waals surface area contributed by atoms with E-state index in [0.29, 0.717) is 62.1 Å². The number of sulfone groups is 1. The van der Waals surface area contributed by atoms with E-state index < -0.39 is 27.4 Å². The average molecular weight is 652 g/mol. The highest BCUT2D eigenvalue weighted by molar-refractivity contribution is 7.90. The van der Waals surface area contributed by atoms with Gasteiger partial charge in [-0.05, 0) is 48.4 Å². The number of carbonyl (C=O) groups is 2. The van der Waals surface area contributed by atoms with Crippen molar-refractivity contribution in [2.24, 2.45) is 0 Å². The van der Waals surface area contributed by atoms with Crippen molar-refractivity contribution in [1.29, 1.82) is 0 Å². The first-order valence-electron chi connectivity index (χ1n) is 14.2. The van der Waals surface area contributed by atoms with Crippen LogP contribution in [0.1, 0.15) is 47.7 Å². The minimum atomic E-state index is -4.74. The Labute approximate surface area is 259 Å². The fraction of sp³-hybridized carbons (Fsp3) is 0.400. The van der Waals surface area contributed by atoms with Crippen LogP contribution < -0.4 is 16.0 Å². The number of benzene rings is 2. The molecule has 0 saturated heterocycles. The van der Waals surface area contributed by atoms with E-state index in [1.807, 2.05) is 6.92 Å². The van der Waals surface area contributed by atoms with E-state index in [1.165, 1.54) is 30.3 Å². The maximum Gasteiger partial charge on any atom is 0.421 e. The van der Waals surface area contributed by atoms with Gasteiger partial charge in [-0.25, -0.2) is 13.4 Å². The molecule has 2 aromatic carbocycles. The van der Waals surface area contributed by atoms with Crippen LogP contribution >= 0.6 is 0 Å². The van der Waals surface area contributed by atoms with Gasteiger partial charge in [0.25, 0.3) is 5.91 Å². The maximum absolute atomic E-state index is 13.6. The van der Waals surface area contributed by atoms with Gasteiger partial charge in [0, 0.05) is 56.2 Å². The lowest BCUT2D eigenvalue weighted by Crippen LogP contribution is -2.27. The third kappa shape index (κ3) is 12.1. The predicted molar refractivity (Wildman–Crippen MR) is 162 cm³/mol. The van der Waals surface area contributed by atoms with Crippen LogP contribution in [-0.4, -0.2) is 69.3 Å². The molecule has 0 aliphatic heterocycles. The van der Waals surface area contributed by atoms with Crippen molar-refractivity contribution in [2.45, 2.75) is 43.8 Å². The van der Waals surface area contributed by atoms with E-state index in [0.717, 1.165) is 6.26 Å². The van der Waals surface area contributed by atoms with E-state index in [2.05, 4.69) is 25.9 Å². The molecule has 11 nitrogen and oxygen atoms in total. The lowest BCUT2D eigenvalue weighted by Gasteiger charge is -2.15. The molecule has 15 heteroatoms. The minimum absolute atomic E-state index is 0.0449. The highest BCUT2D eigenvalue weighted by Crippen LogP contribution is 2.34. The van der Waals surface area contributed by atoms with Gasteiger partial charge in [0.2, 0.25) is 5.95 Å². The zero-order valence-corrected chi connectivity index (χ0v) is 25.8. The van der Waals surface area contributed by atoms with Crippen LogP contribution in [0.3, 0.4) is 0 Å². The number of nitrogens with zero attached hydrogens (tertiary/aromatic N) is 2. The number of nitrogens with one attached hydrogen (secondary N) is 3. The van der Waals surface area contributed by atoms with Gasteiger partial charge in [-0.2, -0.15) is 18.2 Å². The van der Waals surface area contributed by atoms with Crippen LogP contribution in [0, 0.1) is 0 Å². The van der Waals surface area contributed by atoms with Gasteiger partial charge in [-0.3, -0.25) is 9.59 Å². The molecule has 0 bridgehead atoms. The summed E-state index contributed by atoms with van der Waals surface area (Å²) in [5.74, 6) is -0.734. The Kier molecular flexibility index (Phi) is 13.2. The summed E-state index contributed by atoms with van der Waals surface area (Å²) < 4.78 is 75.4. The van der Waals surface area contributed by atoms with Gasteiger partial charge in [0.05, 0.1) is 24.7 Å². The second kappa shape index (κ2) is 16.8. The van der Waals surface area contributed by atoms with Gasteiger partial charge >= 0.3 is 6.18 Å². The molecule has 244 valence electrons. The van der Waals surface area contributed by atoms with Gasteiger partial charge in [-0.1, -0.05) is 19.1 Å². The number of anilines is 3. The standard InChI is InChI=1S/C30H36F3N5O6S/c1-3-24(39)7-5-14-43-16-17-44-15-13-34-28(40)22-9-11-23(12-10-22)37-29-36-20-26(30(31,32)33)27(38-29)35-19-21-6-4-8-25(18-21)45(2,41)42/h4,6,8-12,18,20H,3,5,7,13-17,19H2,1-2H3,(H,34,40)(H2,35,36,37,38). The predicted octanol–water partition coefficient (Wildman–Crippen LogP) is 4.78. The quantitative estimate of drug-likeness (QED) is 0.164. The van der Waals surface area contributed by atoms with Crippen molar-refractivity contribution < 1.29 is 40.7 Å². The highest BCUT2D eigenvalue weighted by atomic mass is 32.2. The summed E-state index contributed by atoms with van der Waals surface area (Å²) in [6.07, 6.45) is -1.33. The average Bonchev–Trinajstić information content (AvgIpc) is 3.00. The Hall–Kier alpha value is -4.08. The molecule has 0 radical (unpaired) electrons. The normalized spacial score (nSPS) is 11.7. The first-order valence-corrected chi connectivity index (χ1v) is 16.1. The summed E-state index contributed by atoms with van der Waals surface area (Å²) in [6, 6.07) is 12.0. The second-order valence-electron chi connectivity index (χ2n) is 9.91. The molecule has 3 N–H and O–H groups in total. The van der Waals surface area contributed by atoms with E-state index >= 15 is 0 Å². The summed E-state index contributed by atoms with van der Waals surface area (Å²) in [7, 11) is -3.49. The topological polar surface area (TPSA) is 149 Å². The molecule has 1 heterocycles. The summed E-state index contributed by atoms with van der Waals surface area (Å²) in [5.41, 5.74) is 0.149. The lowest BCUT2D eigenvalue weighted by atomic mass is 10.2. The van der Waals surface area contributed by atoms with Crippen molar-refractivity contribution in [3.8, 4) is 0 Å². The van der Waals surface area contributed by atoms with Crippen molar-refractivity contribution in [2.75, 3.05) is 49.9 Å². The smallest absolute Gasteiger partial charge is 0.379 e. The Morgan fingerprint density at radius 3 is 2.36 bits per heavy atom. The van der Waals surface area contributed by atoms with Crippen LogP contribution in [0.2, 0.25) is 0 Å². The van der Waals surface area contributed by atoms with Crippen molar-refractivity contribution in [3.63, 3.8) is 0 Å². The number of halogens is 3. The number of rotatable bonds is 18. The maximum atomic E-state index is 13.6. The molecular formula is C30H36F3N5O6S. The molecule has 1 aromatic heterocycles. The van der Waals surface area contributed by atoms with Gasteiger partial charge in [0.15, 0.2) is 9.84 Å². The highest BCUT2D eigenvalue weighted by Gasteiger charge is 2.35. The summed E-state index contributed by atoms with van der Waals surface area (Å²) >= 11 is 0. The zero-order valence-electron chi connectivity index (χ0n) is 24.9. The van der Waals surface area contributed by atoms with Gasteiger partial charge in [0.1, 0.15) is 17.2 Å². The number of Topliss-reactive ketones (excluding diaryl/α,β-unsaturated/α-hetero) is 1. The third-order valence-electron chi connectivity index (χ3n) is 6.33. The number of carbonyl (C=O) groups excluding carboxylic acids is 2. The van der Waals surface area contributed by atoms with Crippen LogP contribution in [0.5, 0.6) is 0 Å². The van der Waals surface area contributed by atoms with E-state index in [1.54, 1.807) is 18.2 Å². The number of ether oxygens (including phenoxy) is 2. The van der Waals surface area contributed by atoms with Crippen LogP contribution in [0.15, 0.2) is 59.6 Å². The van der Waals surface area contributed by atoms with Crippen molar-refractivity contribution in [3.05, 3.63) is 71.4 Å². The minimum Gasteiger partial charge on any atom is -0.379 e. The number of amides is 1. The molecule has 45 heavy (non-hydrogen) atoms. The SMILES string of the molecule is CCC(=O)CCCOCCOCCNC(=O)c1ccc(Nc2ncc(C(F)(F)F)c(NCc3cccc(S(C)(=O)=O)c3)n2)cc1. The van der Waals surface area contributed by atoms with E-state index in [-0.39, 0.29) is 42.2 Å². The molecule has 0 unspecified atom stereocenters. The van der Waals surface area contributed by atoms with Crippen LogP contribution in [-0.2, 0) is 36.8 Å². The van der Waals surface area contributed by atoms with Gasteiger partial charge < -0.3 is 25.4 Å². The van der Waals surface area contributed by atoms with Crippen LogP contribution in [0.25, 0.3) is 0 Å². The third-order valence-corrected chi connectivity index (χ3v) is 7.44. The second-order valence-corrected chi connectivity index (χ2v) is 11.9. The number of hydrogen-bond acceptors (Lipinski definition) is 10. The summed E-state index contributed by atoms with van der Waals surface area (Å²) in [4.78, 5) is 31.5. The van der Waals surface area contributed by atoms with Crippen LogP contribution in [0.4, 0.5) is 30.6 Å². The lowest BCUT2D eigenvalue weighted by molar-refractivity contribution is -0.137. The summed E-state index contributed by atoms with van der Waals surface area (Å²) in [5, 5.41) is 8.18. The Balaban J connectivity index is 1.50. The van der Waals surface area contributed by atoms with Crippen molar-refractivity contribution in [1.82, 2.24) is 15.3 Å². The molecule has 1 amide bonds. The molecule has 0 fully saturated rings. The molecule has 3 aromatic rings. The fourth-order valence-corrected chi connectivity index (χ4v) is 4.59. The number of hydrogen-bond donors (Lipinski definition) is 3. The summed E-state index contributed by atoms with van der Waals surface area (Å²) in [6.45, 7) is 3.51. The first-order chi connectivity index (χ1) is 21.4. The monoisotopic (exact) mass is 651 g/mol. The number of ketones is 1. The van der Waals surface area contributed by atoms with E-state index in [9.17, 15) is 31.2 Å². The Morgan fingerprint density at radius 2 is 1.69 bits per heavy atom. The molecular weight excluding hydrogens is 615 g/mol. The number of alkyl halides is 3. The van der Waals surface area contributed by atoms with Crippen molar-refractivity contribution >= 4 is 39.0 Å². The first kappa shape index (κ1) is 35.4. The number of aromatic nitrogens is 2. The molecule has 0 aliphatic rings. The molecule has 0 saturated carbocycles. The molecule has 0 atom stereocenters.